The average Bonchev–Trinajstić information content (AvgIpc) is 2.99. The molecule has 13 heteroatoms. The van der Waals surface area contributed by atoms with Gasteiger partial charge in [0, 0.05) is 16.9 Å². The van der Waals surface area contributed by atoms with Crippen molar-refractivity contribution in [3.8, 4) is 0 Å². The van der Waals surface area contributed by atoms with Crippen LogP contribution in [0.25, 0.3) is 0 Å². The van der Waals surface area contributed by atoms with Gasteiger partial charge < -0.3 is 25.8 Å². The number of fused-ring (bicyclic) bond motifs is 1. The Balaban J connectivity index is 1.93. The van der Waals surface area contributed by atoms with Crippen LogP contribution in [0.5, 0.6) is 0 Å². The molecule has 2 fully saturated rings. The molecule has 0 aliphatic carbocycles. The normalized spacial score (nSPS) is 27.0. The van der Waals surface area contributed by atoms with Gasteiger partial charge in [-0.2, -0.15) is 0 Å². The largest absolute Gasteiger partial charge is 0.480 e. The summed E-state index contributed by atoms with van der Waals surface area (Å²) in [5, 5.41) is 21.8. The number of nitro benzene ring substituents is 1. The molecular formula is C18H20N4O8S. The molecule has 1 aromatic rings. The van der Waals surface area contributed by atoms with Crippen LogP contribution in [-0.4, -0.2) is 67.5 Å². The van der Waals surface area contributed by atoms with Gasteiger partial charge in [0.15, 0.2) is 0 Å². The Hall–Kier alpha value is -3.19. The molecule has 2 aliphatic heterocycles. The Morgan fingerprint density at radius 3 is 2.58 bits per heavy atom. The molecule has 2 heterocycles. The zero-order valence-corrected chi connectivity index (χ0v) is 17.5. The zero-order valence-electron chi connectivity index (χ0n) is 16.7. The molecule has 4 N–H and O–H groups in total. The summed E-state index contributed by atoms with van der Waals surface area (Å²) in [6, 6.07) is 2.43. The van der Waals surface area contributed by atoms with Crippen LogP contribution in [0.2, 0.25) is 0 Å². The summed E-state index contributed by atoms with van der Waals surface area (Å²) in [7, 11) is 1.03. The van der Waals surface area contributed by atoms with Crippen LogP contribution in [0.3, 0.4) is 0 Å². The first-order chi connectivity index (χ1) is 14.4. The number of nitrogens with one attached hydrogen (secondary N) is 1. The molecule has 12 nitrogen and oxygen atoms in total. The minimum Gasteiger partial charge on any atom is -0.480 e. The number of nitrogens with two attached hydrogens (primary N) is 1. The highest BCUT2D eigenvalue weighted by molar-refractivity contribution is 8.01. The highest BCUT2D eigenvalue weighted by Gasteiger charge is 2.76. The van der Waals surface area contributed by atoms with Crippen molar-refractivity contribution in [2.24, 2.45) is 5.73 Å². The lowest BCUT2D eigenvalue weighted by atomic mass is 9.84. The SMILES string of the molecule is COC(=O)C1(NC(=O)C(N)c2cccc([N+](=O)[O-])c2)C(=O)N2[C@@H](C(=O)O)C(C)(C)S[C@@H]21. The first kappa shape index (κ1) is 22.5. The molecule has 31 heavy (non-hydrogen) atoms. The lowest BCUT2D eigenvalue weighted by Gasteiger charge is -2.50. The van der Waals surface area contributed by atoms with Crippen molar-refractivity contribution in [1.29, 1.82) is 0 Å². The maximum Gasteiger partial charge on any atom is 0.344 e. The van der Waals surface area contributed by atoms with Gasteiger partial charge in [-0.1, -0.05) is 12.1 Å². The van der Waals surface area contributed by atoms with Crippen LogP contribution < -0.4 is 11.1 Å². The monoisotopic (exact) mass is 452 g/mol. The Morgan fingerprint density at radius 2 is 2.03 bits per heavy atom. The van der Waals surface area contributed by atoms with Crippen molar-refractivity contribution in [2.75, 3.05) is 7.11 Å². The third kappa shape index (κ3) is 3.29. The number of carboxylic acid groups (broad SMARTS) is 1. The predicted octanol–water partition coefficient (Wildman–Crippen LogP) is -0.230. The molecule has 0 saturated carbocycles. The van der Waals surface area contributed by atoms with Gasteiger partial charge in [-0.25, -0.2) is 9.59 Å². The maximum absolute atomic E-state index is 13.0. The first-order valence-corrected chi connectivity index (χ1v) is 9.90. The van der Waals surface area contributed by atoms with Crippen molar-refractivity contribution >= 4 is 41.2 Å². The van der Waals surface area contributed by atoms with Gasteiger partial charge in [0.25, 0.3) is 11.6 Å². The van der Waals surface area contributed by atoms with Crippen LogP contribution >= 0.6 is 11.8 Å². The van der Waals surface area contributed by atoms with Crippen LogP contribution in [-0.2, 0) is 23.9 Å². The smallest absolute Gasteiger partial charge is 0.344 e. The number of hydrogen-bond acceptors (Lipinski definition) is 9. The number of nitro groups is 1. The molecule has 2 aliphatic rings. The van der Waals surface area contributed by atoms with E-state index in [0.29, 0.717) is 0 Å². The molecule has 4 atom stereocenters. The van der Waals surface area contributed by atoms with Crippen LogP contribution in [0.15, 0.2) is 24.3 Å². The van der Waals surface area contributed by atoms with Crippen molar-refractivity contribution in [2.45, 2.75) is 41.6 Å². The van der Waals surface area contributed by atoms with Gasteiger partial charge in [-0.3, -0.25) is 19.7 Å². The quantitative estimate of drug-likeness (QED) is 0.171. The predicted molar refractivity (Wildman–Crippen MR) is 107 cm³/mol. The fourth-order valence-electron chi connectivity index (χ4n) is 3.83. The second kappa shape index (κ2) is 7.50. The van der Waals surface area contributed by atoms with Crippen LogP contribution in [0.4, 0.5) is 5.69 Å². The number of thioether (sulfide) groups is 1. The Kier molecular flexibility index (Phi) is 5.44. The molecule has 0 bridgehead atoms. The number of amides is 2. The van der Waals surface area contributed by atoms with E-state index in [1.807, 2.05) is 0 Å². The summed E-state index contributed by atoms with van der Waals surface area (Å²) in [4.78, 5) is 61.6. The summed E-state index contributed by atoms with van der Waals surface area (Å²) in [6.07, 6.45) is 0. The van der Waals surface area contributed by atoms with E-state index in [1.165, 1.54) is 18.2 Å². The Labute approximate surface area is 180 Å². The molecule has 2 unspecified atom stereocenters. The third-order valence-electron chi connectivity index (χ3n) is 5.33. The lowest BCUT2D eigenvalue weighted by Crippen LogP contribution is -2.83. The number of esters is 1. The molecule has 3 rings (SSSR count). The zero-order chi connectivity index (χ0) is 23.3. The summed E-state index contributed by atoms with van der Waals surface area (Å²) in [6.45, 7) is 3.22. The minimum absolute atomic E-state index is 0.0955. The van der Waals surface area contributed by atoms with Gasteiger partial charge in [0.1, 0.15) is 17.5 Å². The van der Waals surface area contributed by atoms with Crippen LogP contribution in [0, 0.1) is 10.1 Å². The van der Waals surface area contributed by atoms with Gasteiger partial charge >= 0.3 is 11.9 Å². The molecular weight excluding hydrogens is 432 g/mol. The van der Waals surface area contributed by atoms with E-state index >= 15 is 0 Å². The number of carboxylic acids is 1. The number of carbonyl (C=O) groups is 4. The number of benzene rings is 1. The van der Waals surface area contributed by atoms with E-state index in [2.05, 4.69) is 5.32 Å². The Bertz CT molecular complexity index is 999. The topological polar surface area (TPSA) is 182 Å². The summed E-state index contributed by atoms with van der Waals surface area (Å²) in [5.41, 5.74) is 3.59. The summed E-state index contributed by atoms with van der Waals surface area (Å²) < 4.78 is 3.80. The van der Waals surface area contributed by atoms with Crippen LogP contribution in [0.1, 0.15) is 25.5 Å². The van der Waals surface area contributed by atoms with Crippen molar-refractivity contribution in [1.82, 2.24) is 10.2 Å². The van der Waals surface area contributed by atoms with Crippen molar-refractivity contribution < 1.29 is 33.9 Å². The third-order valence-corrected chi connectivity index (χ3v) is 6.97. The highest BCUT2D eigenvalue weighted by Crippen LogP contribution is 2.55. The number of ether oxygens (including phenoxy) is 1. The number of methoxy groups -OCH3 is 1. The summed E-state index contributed by atoms with van der Waals surface area (Å²) in [5.74, 6) is -4.18. The van der Waals surface area contributed by atoms with Gasteiger partial charge in [0.2, 0.25) is 11.4 Å². The molecule has 0 spiro atoms. The number of rotatable bonds is 6. The summed E-state index contributed by atoms with van der Waals surface area (Å²) >= 11 is 1.04. The van der Waals surface area contributed by atoms with Crippen molar-refractivity contribution in [3.63, 3.8) is 0 Å². The fraction of sp³-hybridized carbons (Fsp3) is 0.444. The first-order valence-electron chi connectivity index (χ1n) is 9.02. The van der Waals surface area contributed by atoms with E-state index in [-0.39, 0.29) is 11.3 Å². The van der Waals surface area contributed by atoms with E-state index in [1.54, 1.807) is 13.8 Å². The van der Waals surface area contributed by atoms with Gasteiger partial charge in [0.05, 0.1) is 12.0 Å². The van der Waals surface area contributed by atoms with E-state index < -0.39 is 56.4 Å². The fourth-order valence-corrected chi connectivity index (χ4v) is 5.51. The number of carbonyl (C=O) groups excluding carboxylic acids is 3. The van der Waals surface area contributed by atoms with Gasteiger partial charge in [-0.05, 0) is 19.4 Å². The maximum atomic E-state index is 13.0. The highest BCUT2D eigenvalue weighted by atomic mass is 32.2. The van der Waals surface area contributed by atoms with E-state index in [0.717, 1.165) is 29.8 Å². The van der Waals surface area contributed by atoms with E-state index in [9.17, 15) is 34.4 Å². The number of hydrogen-bond donors (Lipinski definition) is 3. The number of aliphatic carboxylic acids is 1. The van der Waals surface area contributed by atoms with Crippen molar-refractivity contribution in [3.05, 3.63) is 39.9 Å². The van der Waals surface area contributed by atoms with Gasteiger partial charge in [-0.15, -0.1) is 11.8 Å². The molecule has 0 radical (unpaired) electrons. The minimum atomic E-state index is -2.16. The second-order valence-corrected chi connectivity index (χ2v) is 9.38. The number of β-lactam (4-membered cyclic amide) rings is 1. The molecule has 166 valence electrons. The van der Waals surface area contributed by atoms with E-state index in [4.69, 9.17) is 10.5 Å². The average molecular weight is 452 g/mol. The molecule has 2 amide bonds. The Morgan fingerprint density at radius 1 is 1.39 bits per heavy atom. The number of non-ortho nitro benzene ring substituents is 1. The molecule has 2 saturated heterocycles. The standard InChI is InChI=1S/C18H20N4O8S/c1-17(2)11(13(24)25)21-14(26)18(15(21)31-17,16(27)30-3)20-12(23)10(19)8-5-4-6-9(7-8)22(28)29/h4-7,10-11,15H,19H2,1-3H3,(H,20,23)(H,24,25)/t10?,11-,15+,18?/m0/s1. The number of nitrogens with zero attached hydrogens (tertiary/aromatic N) is 2. The molecule has 1 aromatic carbocycles. The molecule has 0 aromatic heterocycles. The lowest BCUT2D eigenvalue weighted by molar-refractivity contribution is -0.384. The second-order valence-electron chi connectivity index (χ2n) is 7.65.